The van der Waals surface area contributed by atoms with Crippen molar-refractivity contribution in [3.05, 3.63) is 65.5 Å². The topological polar surface area (TPSA) is 47.6 Å². The van der Waals surface area contributed by atoms with Gasteiger partial charge in [-0.05, 0) is 29.2 Å². The van der Waals surface area contributed by atoms with E-state index >= 15 is 0 Å². The Hall–Kier alpha value is -2.29. The number of amidine groups is 1. The summed E-state index contributed by atoms with van der Waals surface area (Å²) in [7, 11) is 1.59. The SMILES string of the molecule is CC.CN=C(N)O/C=C/C1=CCc2ccccc2C=C1. The summed E-state index contributed by atoms with van der Waals surface area (Å²) >= 11 is 0. The molecule has 0 atom stereocenters. The Morgan fingerprint density at radius 1 is 1.25 bits per heavy atom. The number of rotatable bonds is 2. The number of allylic oxidation sites excluding steroid dienone is 4. The van der Waals surface area contributed by atoms with E-state index in [0.29, 0.717) is 0 Å². The van der Waals surface area contributed by atoms with Gasteiger partial charge in [0.05, 0.1) is 6.26 Å². The maximum atomic E-state index is 5.43. The molecule has 3 nitrogen and oxygen atoms in total. The Morgan fingerprint density at radius 3 is 2.75 bits per heavy atom. The number of ether oxygens (including phenoxy) is 1. The van der Waals surface area contributed by atoms with Crippen LogP contribution >= 0.6 is 0 Å². The Bertz CT molecular complexity index is 540. The monoisotopic (exact) mass is 270 g/mol. The van der Waals surface area contributed by atoms with Crippen LogP contribution in [0.2, 0.25) is 0 Å². The maximum Gasteiger partial charge on any atom is 0.286 e. The summed E-state index contributed by atoms with van der Waals surface area (Å²) in [6.45, 7) is 4.00. The lowest BCUT2D eigenvalue weighted by Gasteiger charge is -1.99. The molecule has 1 aliphatic carbocycles. The molecule has 0 aromatic heterocycles. The Morgan fingerprint density at radius 2 is 2.00 bits per heavy atom. The molecule has 0 bridgehead atoms. The number of nitrogens with two attached hydrogens (primary N) is 1. The zero-order valence-corrected chi connectivity index (χ0v) is 12.3. The predicted molar refractivity (Wildman–Crippen MR) is 86.4 cm³/mol. The summed E-state index contributed by atoms with van der Waals surface area (Å²) in [5.41, 5.74) is 9.10. The van der Waals surface area contributed by atoms with Crippen molar-refractivity contribution >= 4 is 12.1 Å². The molecule has 0 saturated heterocycles. The second kappa shape index (κ2) is 8.75. The molecule has 0 aliphatic heterocycles. The lowest BCUT2D eigenvalue weighted by atomic mass is 10.1. The van der Waals surface area contributed by atoms with Crippen LogP contribution in [0.4, 0.5) is 0 Å². The van der Waals surface area contributed by atoms with Crippen LogP contribution in [0.5, 0.6) is 0 Å². The highest BCUT2D eigenvalue weighted by atomic mass is 16.5. The van der Waals surface area contributed by atoms with Gasteiger partial charge in [-0.2, -0.15) is 0 Å². The summed E-state index contributed by atoms with van der Waals surface area (Å²) < 4.78 is 5.08. The third-order valence-corrected chi connectivity index (χ3v) is 2.74. The van der Waals surface area contributed by atoms with Crippen LogP contribution < -0.4 is 5.73 Å². The Kier molecular flexibility index (Phi) is 6.90. The summed E-state index contributed by atoms with van der Waals surface area (Å²) in [5.74, 6) is 0. The smallest absolute Gasteiger partial charge is 0.286 e. The van der Waals surface area contributed by atoms with Gasteiger partial charge in [-0.25, -0.2) is 4.99 Å². The molecule has 0 spiro atoms. The number of aliphatic imine (C=N–C) groups is 1. The highest BCUT2D eigenvalue weighted by Crippen LogP contribution is 2.18. The van der Waals surface area contributed by atoms with E-state index in [0.717, 1.165) is 12.0 Å². The first-order valence-electron chi connectivity index (χ1n) is 6.81. The van der Waals surface area contributed by atoms with Gasteiger partial charge >= 0.3 is 0 Å². The average Bonchev–Trinajstić information content (AvgIpc) is 2.72. The van der Waals surface area contributed by atoms with E-state index in [2.05, 4.69) is 41.4 Å². The molecule has 2 N–H and O–H groups in total. The van der Waals surface area contributed by atoms with E-state index in [1.165, 1.54) is 11.1 Å². The number of hydrogen-bond donors (Lipinski definition) is 1. The minimum absolute atomic E-state index is 0.160. The highest BCUT2D eigenvalue weighted by molar-refractivity contribution is 5.71. The van der Waals surface area contributed by atoms with Crippen molar-refractivity contribution in [1.82, 2.24) is 0 Å². The average molecular weight is 270 g/mol. The molecular weight excluding hydrogens is 248 g/mol. The van der Waals surface area contributed by atoms with Crippen molar-refractivity contribution in [3.8, 4) is 0 Å². The zero-order chi connectivity index (χ0) is 14.8. The fraction of sp³-hybridized carbons (Fsp3) is 0.235. The van der Waals surface area contributed by atoms with Gasteiger partial charge in [0.2, 0.25) is 0 Å². The molecule has 20 heavy (non-hydrogen) atoms. The number of nitrogens with zero attached hydrogens (tertiary/aromatic N) is 1. The molecule has 0 amide bonds. The first kappa shape index (κ1) is 15.8. The molecule has 3 heteroatoms. The maximum absolute atomic E-state index is 5.43. The predicted octanol–water partition coefficient (Wildman–Crippen LogP) is 3.68. The van der Waals surface area contributed by atoms with Gasteiger partial charge in [0.15, 0.2) is 0 Å². The summed E-state index contributed by atoms with van der Waals surface area (Å²) in [6, 6.07) is 8.52. The number of fused-ring (bicyclic) bond motifs is 1. The Labute approximate surface area is 121 Å². The minimum Gasteiger partial charge on any atom is -0.434 e. The standard InChI is InChI=1S/C15H16N2O.C2H6/c1-17-15(16)18-11-10-12-6-8-13-4-2-3-5-14(13)9-7-12;1-2/h2-8,10-11H,9H2,1H3,(H2,16,17);1-2H3/b11-10+;. The van der Waals surface area contributed by atoms with Crippen LogP contribution in [0.25, 0.3) is 6.08 Å². The molecule has 106 valence electrons. The van der Waals surface area contributed by atoms with Crippen LogP contribution in [0, 0.1) is 0 Å². The molecule has 1 aliphatic rings. The van der Waals surface area contributed by atoms with E-state index < -0.39 is 0 Å². The van der Waals surface area contributed by atoms with Crippen molar-refractivity contribution < 1.29 is 4.74 Å². The van der Waals surface area contributed by atoms with Crippen molar-refractivity contribution in [1.29, 1.82) is 0 Å². The van der Waals surface area contributed by atoms with Crippen LogP contribution in [-0.4, -0.2) is 13.1 Å². The van der Waals surface area contributed by atoms with E-state index in [1.807, 2.05) is 26.0 Å². The molecule has 2 rings (SSSR count). The van der Waals surface area contributed by atoms with E-state index in [1.54, 1.807) is 13.3 Å². The van der Waals surface area contributed by atoms with Gasteiger partial charge in [0, 0.05) is 7.05 Å². The highest BCUT2D eigenvalue weighted by Gasteiger charge is 2.01. The number of benzene rings is 1. The van der Waals surface area contributed by atoms with Gasteiger partial charge in [0.25, 0.3) is 6.02 Å². The normalized spacial score (nSPS) is 13.9. The van der Waals surface area contributed by atoms with Gasteiger partial charge in [-0.3, -0.25) is 0 Å². The van der Waals surface area contributed by atoms with Crippen molar-refractivity contribution in [2.45, 2.75) is 20.3 Å². The summed E-state index contributed by atoms with van der Waals surface area (Å²) in [5, 5.41) is 0. The van der Waals surface area contributed by atoms with Crippen molar-refractivity contribution in [2.24, 2.45) is 10.7 Å². The van der Waals surface area contributed by atoms with Crippen LogP contribution in [0.15, 0.2) is 59.3 Å². The lowest BCUT2D eigenvalue weighted by Crippen LogP contribution is -2.12. The molecule has 0 saturated carbocycles. The number of hydrogen-bond acceptors (Lipinski definition) is 2. The van der Waals surface area contributed by atoms with Crippen LogP contribution in [0.3, 0.4) is 0 Å². The van der Waals surface area contributed by atoms with Gasteiger partial charge in [-0.15, -0.1) is 0 Å². The first-order chi connectivity index (χ1) is 9.79. The molecule has 1 aromatic rings. The Balaban J connectivity index is 0.000000956. The first-order valence-corrected chi connectivity index (χ1v) is 6.81. The molecule has 0 radical (unpaired) electrons. The fourth-order valence-corrected chi connectivity index (χ4v) is 1.72. The third kappa shape index (κ3) is 4.76. The summed E-state index contributed by atoms with van der Waals surface area (Å²) in [6.07, 6.45) is 10.7. The second-order valence-electron chi connectivity index (χ2n) is 3.92. The largest absolute Gasteiger partial charge is 0.434 e. The third-order valence-electron chi connectivity index (χ3n) is 2.74. The fourth-order valence-electron chi connectivity index (χ4n) is 1.72. The van der Waals surface area contributed by atoms with Crippen molar-refractivity contribution in [2.75, 3.05) is 7.05 Å². The molecule has 0 fully saturated rings. The lowest BCUT2D eigenvalue weighted by molar-refractivity contribution is 0.463. The summed E-state index contributed by atoms with van der Waals surface area (Å²) in [4.78, 5) is 3.71. The van der Waals surface area contributed by atoms with Crippen LogP contribution in [0.1, 0.15) is 25.0 Å². The van der Waals surface area contributed by atoms with Gasteiger partial charge in [-0.1, -0.05) is 56.3 Å². The molecule has 1 aromatic carbocycles. The van der Waals surface area contributed by atoms with E-state index in [9.17, 15) is 0 Å². The van der Waals surface area contributed by atoms with Crippen molar-refractivity contribution in [3.63, 3.8) is 0 Å². The van der Waals surface area contributed by atoms with E-state index in [4.69, 9.17) is 10.5 Å². The van der Waals surface area contributed by atoms with Gasteiger partial charge < -0.3 is 10.5 Å². The van der Waals surface area contributed by atoms with Gasteiger partial charge in [0.1, 0.15) is 0 Å². The quantitative estimate of drug-likeness (QED) is 0.506. The molecular formula is C17H22N2O. The minimum atomic E-state index is 0.160. The molecule has 0 heterocycles. The second-order valence-corrected chi connectivity index (χ2v) is 3.92. The zero-order valence-electron chi connectivity index (χ0n) is 12.3. The molecule has 0 unspecified atom stereocenters. The van der Waals surface area contributed by atoms with E-state index in [-0.39, 0.29) is 6.02 Å². The van der Waals surface area contributed by atoms with Crippen LogP contribution in [-0.2, 0) is 11.2 Å².